The van der Waals surface area contributed by atoms with E-state index >= 15 is 0 Å². The summed E-state index contributed by atoms with van der Waals surface area (Å²) in [6.45, 7) is 3.55. The van der Waals surface area contributed by atoms with Gasteiger partial charge in [-0.15, -0.1) is 8.75 Å². The van der Waals surface area contributed by atoms with E-state index in [4.69, 9.17) is 23.7 Å². The van der Waals surface area contributed by atoms with Crippen molar-refractivity contribution >= 4 is 23.5 Å². The third-order valence-electron chi connectivity index (χ3n) is 5.02. The maximum Gasteiger partial charge on any atom is 0.254 e. The van der Waals surface area contributed by atoms with E-state index < -0.39 is 0 Å². The van der Waals surface area contributed by atoms with Gasteiger partial charge < -0.3 is 23.7 Å². The van der Waals surface area contributed by atoms with E-state index in [1.807, 2.05) is 72.3 Å². The lowest BCUT2D eigenvalue weighted by atomic mass is 10.2. The van der Waals surface area contributed by atoms with Gasteiger partial charge in [0.15, 0.2) is 36.2 Å². The summed E-state index contributed by atoms with van der Waals surface area (Å²) in [6, 6.07) is 7.88. The highest BCUT2D eigenvalue weighted by Gasteiger charge is 2.15. The molecule has 0 bridgehead atoms. The van der Waals surface area contributed by atoms with Gasteiger partial charge in [-0.1, -0.05) is 0 Å². The van der Waals surface area contributed by atoms with Gasteiger partial charge in [-0.2, -0.15) is 8.75 Å². The second kappa shape index (κ2) is 14.6. The second-order valence-corrected chi connectivity index (χ2v) is 8.94. The smallest absolute Gasteiger partial charge is 0.254 e. The van der Waals surface area contributed by atoms with Crippen LogP contribution in [0.25, 0.3) is 22.5 Å². The topological polar surface area (TPSA) is 105 Å². The first-order valence-corrected chi connectivity index (χ1v) is 13.2. The number of ether oxygens (including phenoxy) is 5. The van der Waals surface area contributed by atoms with E-state index in [9.17, 15) is 0 Å². The minimum atomic E-state index is 0.388. The zero-order valence-electron chi connectivity index (χ0n) is 20.8. The largest absolute Gasteiger partial charge is 0.473 e. The Hall–Kier alpha value is -3.10. The molecule has 0 amide bonds. The molecule has 13 heteroatoms. The number of aryl methyl sites for hydroxylation is 2. The van der Waals surface area contributed by atoms with Crippen molar-refractivity contribution in [2.24, 2.45) is 14.1 Å². The summed E-state index contributed by atoms with van der Waals surface area (Å²) in [5.41, 5.74) is 3.40. The van der Waals surface area contributed by atoms with Crippen LogP contribution in [-0.2, 0) is 28.3 Å². The summed E-state index contributed by atoms with van der Waals surface area (Å²) < 4.78 is 49.2. The Bertz CT molecular complexity index is 1140. The molecule has 0 unspecified atom stereocenters. The van der Waals surface area contributed by atoms with Crippen LogP contribution in [0, 0.1) is 0 Å². The van der Waals surface area contributed by atoms with Crippen LogP contribution in [0.15, 0.2) is 49.1 Å². The molecule has 37 heavy (non-hydrogen) atoms. The molecule has 0 radical (unpaired) electrons. The monoisotopic (exact) mass is 546 g/mol. The highest BCUT2D eigenvalue weighted by atomic mass is 32.1. The first-order chi connectivity index (χ1) is 18.2. The van der Waals surface area contributed by atoms with Crippen LogP contribution in [0.5, 0.6) is 11.8 Å². The van der Waals surface area contributed by atoms with Gasteiger partial charge in [0, 0.05) is 12.1 Å². The van der Waals surface area contributed by atoms with Crippen molar-refractivity contribution in [3.63, 3.8) is 0 Å². The van der Waals surface area contributed by atoms with Crippen molar-refractivity contribution in [3.05, 3.63) is 49.1 Å². The predicted octanol–water partition coefficient (Wildman–Crippen LogP) is 1.88. The summed E-state index contributed by atoms with van der Waals surface area (Å²) in [6.07, 6.45) is 7.89. The number of pyridine rings is 2. The lowest BCUT2D eigenvalue weighted by Crippen LogP contribution is -2.26. The molecule has 0 aromatic carbocycles. The first kappa shape index (κ1) is 26.9. The van der Waals surface area contributed by atoms with E-state index in [0.717, 1.165) is 46.0 Å². The molecule has 4 aromatic heterocycles. The number of hydrogen-bond acceptors (Lipinski definition) is 11. The Morgan fingerprint density at radius 1 is 0.595 bits per heavy atom. The Labute approximate surface area is 223 Å². The highest BCUT2D eigenvalue weighted by Crippen LogP contribution is 2.27. The Kier molecular flexibility index (Phi) is 10.6. The average molecular weight is 547 g/mol. The van der Waals surface area contributed by atoms with E-state index in [-0.39, 0.29) is 0 Å². The fraction of sp³-hybridized carbons (Fsp3) is 0.417. The van der Waals surface area contributed by atoms with Gasteiger partial charge in [-0.05, 0) is 12.1 Å². The van der Waals surface area contributed by atoms with Crippen LogP contribution in [0.1, 0.15) is 0 Å². The molecule has 196 valence electrons. The third kappa shape index (κ3) is 8.47. The number of rotatable bonds is 16. The molecule has 0 aliphatic carbocycles. The normalized spacial score (nSPS) is 11.1. The predicted molar refractivity (Wildman–Crippen MR) is 136 cm³/mol. The van der Waals surface area contributed by atoms with Crippen LogP contribution in [0.3, 0.4) is 0 Å². The molecule has 0 aliphatic rings. The summed E-state index contributed by atoms with van der Waals surface area (Å²) in [4.78, 5) is 0. The molecule has 11 nitrogen and oxygen atoms in total. The van der Waals surface area contributed by atoms with Crippen LogP contribution < -0.4 is 18.6 Å². The molecule has 0 saturated carbocycles. The van der Waals surface area contributed by atoms with Gasteiger partial charge in [0.25, 0.3) is 11.8 Å². The number of aromatic nitrogens is 6. The maximum absolute atomic E-state index is 5.74. The van der Waals surface area contributed by atoms with Crippen LogP contribution >= 0.6 is 23.5 Å². The lowest BCUT2D eigenvalue weighted by molar-refractivity contribution is -0.671. The van der Waals surface area contributed by atoms with Crippen molar-refractivity contribution in [1.29, 1.82) is 0 Å². The molecular weight excluding hydrogens is 516 g/mol. The van der Waals surface area contributed by atoms with E-state index in [1.165, 1.54) is 0 Å². The van der Waals surface area contributed by atoms with Gasteiger partial charge in [0.1, 0.15) is 27.3 Å². The summed E-state index contributed by atoms with van der Waals surface area (Å²) in [5, 5.41) is 0. The summed E-state index contributed by atoms with van der Waals surface area (Å²) in [7, 11) is 3.92. The molecule has 4 rings (SSSR count). The van der Waals surface area contributed by atoms with Gasteiger partial charge >= 0.3 is 0 Å². The molecular formula is C24H30N6O5S2+2. The average Bonchev–Trinajstić information content (AvgIpc) is 3.56. The molecule has 0 N–H and O–H groups in total. The lowest BCUT2D eigenvalue weighted by Gasteiger charge is -2.08. The van der Waals surface area contributed by atoms with Crippen molar-refractivity contribution in [1.82, 2.24) is 17.5 Å². The number of nitrogens with zero attached hydrogens (tertiary/aromatic N) is 6. The van der Waals surface area contributed by atoms with Gasteiger partial charge in [-0.25, -0.2) is 9.13 Å². The molecule has 4 aromatic rings. The van der Waals surface area contributed by atoms with Crippen molar-refractivity contribution in [3.8, 4) is 34.3 Å². The van der Waals surface area contributed by atoms with Gasteiger partial charge in [0.2, 0.25) is 0 Å². The Morgan fingerprint density at radius 3 is 1.41 bits per heavy atom. The highest BCUT2D eigenvalue weighted by molar-refractivity contribution is 6.99. The fourth-order valence-corrected chi connectivity index (χ4v) is 4.33. The third-order valence-corrected chi connectivity index (χ3v) is 6.04. The second-order valence-electron chi connectivity index (χ2n) is 7.89. The summed E-state index contributed by atoms with van der Waals surface area (Å²) in [5.74, 6) is 1.04. The minimum Gasteiger partial charge on any atom is -0.473 e. The minimum absolute atomic E-state index is 0.388. The van der Waals surface area contributed by atoms with Crippen molar-refractivity contribution < 1.29 is 32.8 Å². The Morgan fingerprint density at radius 2 is 1.00 bits per heavy atom. The molecule has 0 fully saturated rings. The molecule has 0 atom stereocenters. The zero-order valence-corrected chi connectivity index (χ0v) is 22.4. The van der Waals surface area contributed by atoms with Gasteiger partial charge in [-0.3, -0.25) is 0 Å². The molecule has 0 spiro atoms. The standard InChI is InChI=1S/C24H30N6O5S2/c1-29-7-3-5-19(17-29)21-23(27-36-25-21)34-15-13-32-11-9-31-10-12-33-14-16-35-24-22(26-37-28-24)20-6-4-8-30(2)18-20/h3-8,17-18H,9-16H2,1-2H3/q+2. The molecule has 4 heterocycles. The van der Waals surface area contributed by atoms with Crippen molar-refractivity contribution in [2.75, 3.05) is 52.9 Å². The zero-order chi connectivity index (χ0) is 25.7. The first-order valence-electron chi connectivity index (χ1n) is 11.8. The molecule has 0 saturated heterocycles. The van der Waals surface area contributed by atoms with Crippen LogP contribution in [0.2, 0.25) is 0 Å². The Balaban J connectivity index is 1.00. The van der Waals surface area contributed by atoms with Crippen LogP contribution in [0.4, 0.5) is 0 Å². The molecule has 0 aliphatic heterocycles. The SMILES string of the molecule is C[n+]1cccc(-c2nsnc2OCCOCCOCCOCCOc2nsnc2-c2ccc[n+](C)c2)c1. The van der Waals surface area contributed by atoms with Crippen LogP contribution in [-0.4, -0.2) is 70.3 Å². The van der Waals surface area contributed by atoms with Gasteiger partial charge in [0.05, 0.1) is 74.2 Å². The van der Waals surface area contributed by atoms with E-state index in [1.54, 1.807) is 0 Å². The summed E-state index contributed by atoms with van der Waals surface area (Å²) >= 11 is 2.26. The van der Waals surface area contributed by atoms with E-state index in [0.29, 0.717) is 64.6 Å². The number of hydrogen-bond donors (Lipinski definition) is 0. The maximum atomic E-state index is 5.74. The van der Waals surface area contributed by atoms with E-state index in [2.05, 4.69) is 17.5 Å². The fourth-order valence-electron chi connectivity index (χ4n) is 3.30. The quantitative estimate of drug-likeness (QED) is 0.154. The van der Waals surface area contributed by atoms with Crippen molar-refractivity contribution in [2.45, 2.75) is 0 Å².